The Morgan fingerprint density at radius 1 is 1.41 bits per heavy atom. The van der Waals surface area contributed by atoms with Crippen molar-refractivity contribution in [3.05, 3.63) is 30.7 Å². The van der Waals surface area contributed by atoms with Gasteiger partial charge in [0.2, 0.25) is 0 Å². The number of hydrogen-bond acceptors (Lipinski definition) is 4. The van der Waals surface area contributed by atoms with Gasteiger partial charge in [0.05, 0.1) is 18.1 Å². The molecule has 0 aromatic carbocycles. The second kappa shape index (κ2) is 7.79. The van der Waals surface area contributed by atoms with Crippen LogP contribution in [0.15, 0.2) is 25.0 Å². The van der Waals surface area contributed by atoms with E-state index in [4.69, 9.17) is 0 Å². The van der Waals surface area contributed by atoms with Crippen molar-refractivity contribution >= 4 is 5.82 Å². The molecule has 17 heavy (non-hydrogen) atoms. The standard InChI is InChI=1S/C13H22N4/c1-4-6-7-8-17(3)13-11-15-12(10-16-13)9-14-5-2/h4,10-11,14H,1,5-9H2,2-3H3. The van der Waals surface area contributed by atoms with Crippen molar-refractivity contribution in [2.75, 3.05) is 25.0 Å². The highest BCUT2D eigenvalue weighted by Crippen LogP contribution is 2.07. The second-order valence-corrected chi connectivity index (χ2v) is 4.00. The van der Waals surface area contributed by atoms with Crippen LogP contribution in [0.5, 0.6) is 0 Å². The Kier molecular flexibility index (Phi) is 6.25. The van der Waals surface area contributed by atoms with Crippen LogP contribution in [-0.2, 0) is 6.54 Å². The highest BCUT2D eigenvalue weighted by atomic mass is 15.2. The molecule has 0 saturated heterocycles. The first-order valence-corrected chi connectivity index (χ1v) is 6.11. The summed E-state index contributed by atoms with van der Waals surface area (Å²) in [7, 11) is 2.04. The molecule has 0 bridgehead atoms. The molecule has 0 aliphatic carbocycles. The van der Waals surface area contributed by atoms with E-state index in [1.807, 2.05) is 25.5 Å². The van der Waals surface area contributed by atoms with E-state index in [1.54, 1.807) is 0 Å². The maximum Gasteiger partial charge on any atom is 0.146 e. The number of aromatic nitrogens is 2. The Morgan fingerprint density at radius 3 is 2.82 bits per heavy atom. The van der Waals surface area contributed by atoms with Gasteiger partial charge in [-0.2, -0.15) is 0 Å². The summed E-state index contributed by atoms with van der Waals surface area (Å²) in [6.45, 7) is 8.51. The van der Waals surface area contributed by atoms with Gasteiger partial charge in [0, 0.05) is 20.1 Å². The Hall–Kier alpha value is -1.42. The third-order valence-electron chi connectivity index (χ3n) is 2.54. The van der Waals surface area contributed by atoms with Crippen LogP contribution in [0.1, 0.15) is 25.5 Å². The van der Waals surface area contributed by atoms with E-state index in [2.05, 4.69) is 33.7 Å². The number of hydrogen-bond donors (Lipinski definition) is 1. The molecule has 1 N–H and O–H groups in total. The van der Waals surface area contributed by atoms with E-state index in [9.17, 15) is 0 Å². The lowest BCUT2D eigenvalue weighted by Crippen LogP contribution is -2.20. The SMILES string of the molecule is C=CCCCN(C)c1cnc(CNCC)cn1. The third-order valence-corrected chi connectivity index (χ3v) is 2.54. The molecule has 94 valence electrons. The first-order valence-electron chi connectivity index (χ1n) is 6.11. The fourth-order valence-electron chi connectivity index (χ4n) is 1.48. The molecule has 0 amide bonds. The zero-order valence-corrected chi connectivity index (χ0v) is 10.8. The van der Waals surface area contributed by atoms with Gasteiger partial charge in [-0.3, -0.25) is 4.98 Å². The molecular weight excluding hydrogens is 212 g/mol. The molecule has 4 nitrogen and oxygen atoms in total. The van der Waals surface area contributed by atoms with Crippen molar-refractivity contribution < 1.29 is 0 Å². The smallest absolute Gasteiger partial charge is 0.146 e. The van der Waals surface area contributed by atoms with Crippen LogP contribution in [0.3, 0.4) is 0 Å². The number of rotatable bonds is 8. The topological polar surface area (TPSA) is 41.1 Å². The molecule has 0 aliphatic rings. The first-order chi connectivity index (χ1) is 8.27. The highest BCUT2D eigenvalue weighted by Gasteiger charge is 2.02. The Bertz CT molecular complexity index is 321. The van der Waals surface area contributed by atoms with Crippen LogP contribution in [0.25, 0.3) is 0 Å². The van der Waals surface area contributed by atoms with Crippen molar-refractivity contribution in [3.63, 3.8) is 0 Å². The molecule has 0 spiro atoms. The van der Waals surface area contributed by atoms with E-state index >= 15 is 0 Å². The number of anilines is 1. The van der Waals surface area contributed by atoms with Crippen LogP contribution < -0.4 is 10.2 Å². The van der Waals surface area contributed by atoms with Crippen molar-refractivity contribution in [2.24, 2.45) is 0 Å². The monoisotopic (exact) mass is 234 g/mol. The first kappa shape index (κ1) is 13.6. The maximum absolute atomic E-state index is 4.41. The van der Waals surface area contributed by atoms with Gasteiger partial charge < -0.3 is 10.2 Å². The van der Waals surface area contributed by atoms with E-state index in [0.717, 1.165) is 44.0 Å². The normalized spacial score (nSPS) is 10.2. The summed E-state index contributed by atoms with van der Waals surface area (Å²) in [5.74, 6) is 0.925. The molecule has 4 heteroatoms. The molecule has 0 aliphatic heterocycles. The summed E-state index contributed by atoms with van der Waals surface area (Å²) in [4.78, 5) is 10.9. The van der Waals surface area contributed by atoms with E-state index < -0.39 is 0 Å². The predicted octanol–water partition coefficient (Wildman–Crippen LogP) is 1.99. The minimum Gasteiger partial charge on any atom is -0.358 e. The lowest BCUT2D eigenvalue weighted by atomic mass is 10.3. The minimum absolute atomic E-state index is 0.782. The zero-order chi connectivity index (χ0) is 12.5. The van der Waals surface area contributed by atoms with Crippen molar-refractivity contribution in [1.29, 1.82) is 0 Å². The summed E-state index contributed by atoms with van der Waals surface area (Å²) in [5.41, 5.74) is 0.982. The molecule has 0 saturated carbocycles. The molecule has 0 unspecified atom stereocenters. The summed E-state index contributed by atoms with van der Waals surface area (Å²) in [6, 6.07) is 0. The van der Waals surface area contributed by atoms with Gasteiger partial charge in [-0.25, -0.2) is 4.98 Å². The highest BCUT2D eigenvalue weighted by molar-refractivity contribution is 5.34. The van der Waals surface area contributed by atoms with E-state index in [0.29, 0.717) is 0 Å². The van der Waals surface area contributed by atoms with Gasteiger partial charge in [0.15, 0.2) is 0 Å². The summed E-state index contributed by atoms with van der Waals surface area (Å²) < 4.78 is 0. The molecule has 1 heterocycles. The fraction of sp³-hybridized carbons (Fsp3) is 0.538. The Balaban J connectivity index is 2.45. The Morgan fingerprint density at radius 2 is 2.24 bits per heavy atom. The predicted molar refractivity (Wildman–Crippen MR) is 72.1 cm³/mol. The van der Waals surface area contributed by atoms with Gasteiger partial charge in [-0.1, -0.05) is 13.0 Å². The molecule has 1 aromatic rings. The summed E-state index contributed by atoms with van der Waals surface area (Å²) in [5, 5.41) is 3.23. The fourth-order valence-corrected chi connectivity index (χ4v) is 1.48. The van der Waals surface area contributed by atoms with Crippen LogP contribution in [0.2, 0.25) is 0 Å². The van der Waals surface area contributed by atoms with Gasteiger partial charge >= 0.3 is 0 Å². The van der Waals surface area contributed by atoms with Gasteiger partial charge in [-0.05, 0) is 19.4 Å². The quantitative estimate of drug-likeness (QED) is 0.551. The van der Waals surface area contributed by atoms with E-state index in [1.165, 1.54) is 0 Å². The molecular formula is C13H22N4. The van der Waals surface area contributed by atoms with Crippen molar-refractivity contribution in [3.8, 4) is 0 Å². The third kappa shape index (κ3) is 4.95. The zero-order valence-electron chi connectivity index (χ0n) is 10.8. The molecule has 0 atom stereocenters. The van der Waals surface area contributed by atoms with Crippen LogP contribution in [-0.4, -0.2) is 30.1 Å². The second-order valence-electron chi connectivity index (χ2n) is 4.00. The van der Waals surface area contributed by atoms with Gasteiger partial charge in [0.1, 0.15) is 5.82 Å². The van der Waals surface area contributed by atoms with E-state index in [-0.39, 0.29) is 0 Å². The summed E-state index contributed by atoms with van der Waals surface area (Å²) in [6.07, 6.45) is 7.75. The average Bonchev–Trinajstić information content (AvgIpc) is 2.37. The molecule has 0 fully saturated rings. The van der Waals surface area contributed by atoms with Crippen LogP contribution >= 0.6 is 0 Å². The average molecular weight is 234 g/mol. The van der Waals surface area contributed by atoms with Crippen molar-refractivity contribution in [1.82, 2.24) is 15.3 Å². The lowest BCUT2D eigenvalue weighted by Gasteiger charge is -2.17. The number of allylic oxidation sites excluding steroid dienone is 1. The Labute approximate surface area is 104 Å². The van der Waals surface area contributed by atoms with Gasteiger partial charge in [0.25, 0.3) is 0 Å². The number of nitrogens with zero attached hydrogens (tertiary/aromatic N) is 3. The largest absolute Gasteiger partial charge is 0.358 e. The number of nitrogens with one attached hydrogen (secondary N) is 1. The molecule has 1 aromatic heterocycles. The maximum atomic E-state index is 4.41. The lowest BCUT2D eigenvalue weighted by molar-refractivity contribution is 0.705. The van der Waals surface area contributed by atoms with Crippen LogP contribution in [0, 0.1) is 0 Å². The van der Waals surface area contributed by atoms with Gasteiger partial charge in [-0.15, -0.1) is 6.58 Å². The molecule has 0 radical (unpaired) electrons. The summed E-state index contributed by atoms with van der Waals surface area (Å²) >= 11 is 0. The van der Waals surface area contributed by atoms with Crippen LogP contribution in [0.4, 0.5) is 5.82 Å². The van der Waals surface area contributed by atoms with Crippen molar-refractivity contribution in [2.45, 2.75) is 26.3 Å². The minimum atomic E-state index is 0.782. The number of unbranched alkanes of at least 4 members (excludes halogenated alkanes) is 1. The molecule has 1 rings (SSSR count).